The molecule has 1 atom stereocenters. The van der Waals surface area contributed by atoms with E-state index in [1.165, 1.54) is 39.3 Å². The number of carbonyl (C=O) groups is 2. The Bertz CT molecular complexity index is 1270. The van der Waals surface area contributed by atoms with Gasteiger partial charge >= 0.3 is 12.1 Å². The molecule has 0 N–H and O–H groups in total. The van der Waals surface area contributed by atoms with E-state index in [9.17, 15) is 22.8 Å². The minimum Gasteiger partial charge on any atom is -0.493 e. The summed E-state index contributed by atoms with van der Waals surface area (Å²) in [6.45, 7) is 1.20. The van der Waals surface area contributed by atoms with Crippen molar-refractivity contribution in [3.63, 3.8) is 0 Å². The van der Waals surface area contributed by atoms with Gasteiger partial charge in [-0.15, -0.1) is 0 Å². The average Bonchev–Trinajstić information content (AvgIpc) is 2.83. The van der Waals surface area contributed by atoms with Crippen LogP contribution >= 0.6 is 0 Å². The van der Waals surface area contributed by atoms with Crippen LogP contribution in [0.5, 0.6) is 23.0 Å². The number of rotatable bonds is 5. The first-order valence-electron chi connectivity index (χ1n) is 10.5. The Morgan fingerprint density at radius 2 is 1.57 bits per heavy atom. The molecule has 0 saturated carbocycles. The van der Waals surface area contributed by atoms with Crippen LogP contribution in [0.2, 0.25) is 0 Å². The molecule has 1 aliphatic rings. The molecular weight excluding hydrogens is 465 g/mol. The van der Waals surface area contributed by atoms with Crippen molar-refractivity contribution in [2.45, 2.75) is 25.1 Å². The number of alkyl halides is 3. The average molecular weight is 486 g/mol. The van der Waals surface area contributed by atoms with E-state index in [1.54, 1.807) is 30.3 Å². The van der Waals surface area contributed by atoms with E-state index in [0.29, 0.717) is 11.1 Å². The zero-order chi connectivity index (χ0) is 25.4. The van der Waals surface area contributed by atoms with Gasteiger partial charge in [0.1, 0.15) is 11.3 Å². The smallest absolute Gasteiger partial charge is 0.416 e. The molecule has 9 heteroatoms. The SMILES string of the molecule is COc1cc2c(c(OC)c1OC(C)=O)C(=O)CC(c1ccccc1)(c1ccc(C(F)(F)F)cc1)O2. The lowest BCUT2D eigenvalue weighted by atomic mass is 9.78. The molecule has 0 bridgehead atoms. The predicted octanol–water partition coefficient (Wildman–Crippen LogP) is 5.56. The summed E-state index contributed by atoms with van der Waals surface area (Å²) in [6, 6.07) is 14.6. The van der Waals surface area contributed by atoms with E-state index >= 15 is 0 Å². The van der Waals surface area contributed by atoms with E-state index in [1.807, 2.05) is 0 Å². The number of fused-ring (bicyclic) bond motifs is 1. The molecule has 4 rings (SSSR count). The van der Waals surface area contributed by atoms with Gasteiger partial charge < -0.3 is 18.9 Å². The highest BCUT2D eigenvalue weighted by atomic mass is 19.4. The zero-order valence-electron chi connectivity index (χ0n) is 19.1. The van der Waals surface area contributed by atoms with Crippen LogP contribution in [0.25, 0.3) is 0 Å². The number of esters is 1. The lowest BCUT2D eigenvalue weighted by molar-refractivity contribution is -0.137. The molecule has 3 aromatic carbocycles. The highest BCUT2D eigenvalue weighted by Crippen LogP contribution is 2.52. The Labute approximate surface area is 199 Å². The number of ether oxygens (including phenoxy) is 4. The number of carbonyl (C=O) groups excluding carboxylic acids is 2. The molecule has 182 valence electrons. The van der Waals surface area contributed by atoms with Gasteiger partial charge in [0.25, 0.3) is 0 Å². The van der Waals surface area contributed by atoms with E-state index in [4.69, 9.17) is 18.9 Å². The topological polar surface area (TPSA) is 71.1 Å². The van der Waals surface area contributed by atoms with Crippen molar-refractivity contribution in [1.29, 1.82) is 0 Å². The number of halogens is 3. The van der Waals surface area contributed by atoms with Gasteiger partial charge in [0.15, 0.2) is 22.9 Å². The Morgan fingerprint density at radius 1 is 0.943 bits per heavy atom. The minimum absolute atomic E-state index is 0.0337. The molecule has 0 saturated heterocycles. The van der Waals surface area contributed by atoms with Crippen LogP contribution in [-0.4, -0.2) is 26.0 Å². The van der Waals surface area contributed by atoms with Crippen molar-refractivity contribution in [2.24, 2.45) is 0 Å². The van der Waals surface area contributed by atoms with E-state index in [-0.39, 0.29) is 35.0 Å². The molecule has 0 amide bonds. The normalized spacial score (nSPS) is 17.3. The fourth-order valence-electron chi connectivity index (χ4n) is 4.19. The van der Waals surface area contributed by atoms with Crippen LogP contribution in [0, 0.1) is 0 Å². The van der Waals surface area contributed by atoms with E-state index in [2.05, 4.69) is 0 Å². The van der Waals surface area contributed by atoms with Crippen molar-refractivity contribution in [2.75, 3.05) is 14.2 Å². The molecule has 6 nitrogen and oxygen atoms in total. The number of hydrogen-bond donors (Lipinski definition) is 0. The summed E-state index contributed by atoms with van der Waals surface area (Å²) in [4.78, 5) is 25.2. The van der Waals surface area contributed by atoms with Crippen molar-refractivity contribution in [3.8, 4) is 23.0 Å². The maximum atomic E-state index is 13.6. The third-order valence-corrected chi connectivity index (χ3v) is 5.73. The third-order valence-electron chi connectivity index (χ3n) is 5.73. The molecule has 0 aliphatic carbocycles. The Balaban J connectivity index is 1.93. The van der Waals surface area contributed by atoms with E-state index < -0.39 is 29.1 Å². The molecule has 0 aromatic heterocycles. The Hall–Kier alpha value is -4.01. The lowest BCUT2D eigenvalue weighted by Gasteiger charge is -2.39. The van der Waals surface area contributed by atoms with Crippen molar-refractivity contribution in [1.82, 2.24) is 0 Å². The zero-order valence-corrected chi connectivity index (χ0v) is 19.1. The predicted molar refractivity (Wildman–Crippen MR) is 119 cm³/mol. The van der Waals surface area contributed by atoms with Crippen LogP contribution < -0.4 is 18.9 Å². The Kier molecular flexibility index (Phi) is 6.19. The molecule has 1 unspecified atom stereocenters. The van der Waals surface area contributed by atoms with Crippen molar-refractivity contribution >= 4 is 11.8 Å². The summed E-state index contributed by atoms with van der Waals surface area (Å²) in [5.74, 6) is -1.000. The summed E-state index contributed by atoms with van der Waals surface area (Å²) in [6.07, 6.45) is -4.75. The first-order chi connectivity index (χ1) is 16.6. The number of ketones is 1. The summed E-state index contributed by atoms with van der Waals surface area (Å²) in [5.41, 5.74) is -1.27. The quantitative estimate of drug-likeness (QED) is 0.348. The van der Waals surface area contributed by atoms with Crippen LogP contribution in [0.1, 0.15) is 40.4 Å². The first-order valence-corrected chi connectivity index (χ1v) is 10.5. The van der Waals surface area contributed by atoms with Gasteiger partial charge in [0.2, 0.25) is 5.75 Å². The molecular formula is C26H21F3O6. The van der Waals surface area contributed by atoms with Crippen molar-refractivity contribution < 1.29 is 41.7 Å². The second-order valence-electron chi connectivity index (χ2n) is 7.88. The van der Waals surface area contributed by atoms with Crippen LogP contribution in [0.4, 0.5) is 13.2 Å². The van der Waals surface area contributed by atoms with Gasteiger partial charge in [-0.2, -0.15) is 13.2 Å². The van der Waals surface area contributed by atoms with Gasteiger partial charge in [-0.1, -0.05) is 42.5 Å². The largest absolute Gasteiger partial charge is 0.493 e. The summed E-state index contributed by atoms with van der Waals surface area (Å²) >= 11 is 0. The van der Waals surface area contributed by atoms with Crippen molar-refractivity contribution in [3.05, 3.63) is 82.9 Å². The maximum Gasteiger partial charge on any atom is 0.416 e. The molecule has 35 heavy (non-hydrogen) atoms. The van der Waals surface area contributed by atoms with Gasteiger partial charge in [0.05, 0.1) is 26.2 Å². The standard InChI is InChI=1S/C26H21F3O6/c1-15(30)34-23-21(32-2)13-20-22(24(23)33-3)19(31)14-25(35-20,16-7-5-4-6-8-16)17-9-11-18(12-10-17)26(27,28)29/h4-13H,14H2,1-3H3. The molecule has 0 fully saturated rings. The van der Waals surface area contributed by atoms with Gasteiger partial charge in [0, 0.05) is 24.1 Å². The number of hydrogen-bond acceptors (Lipinski definition) is 6. The van der Waals surface area contributed by atoms with Crippen LogP contribution in [0.3, 0.4) is 0 Å². The highest BCUT2D eigenvalue weighted by Gasteiger charge is 2.46. The number of Topliss-reactive ketones (excluding diaryl/α,β-unsaturated/α-hetero) is 1. The summed E-state index contributed by atoms with van der Waals surface area (Å²) < 4.78 is 62.0. The fraction of sp³-hybridized carbons (Fsp3) is 0.231. The molecule has 1 aliphatic heterocycles. The summed E-state index contributed by atoms with van der Waals surface area (Å²) in [7, 11) is 2.66. The molecule has 3 aromatic rings. The van der Waals surface area contributed by atoms with Crippen LogP contribution in [-0.2, 0) is 16.6 Å². The van der Waals surface area contributed by atoms with Gasteiger partial charge in [-0.25, -0.2) is 0 Å². The maximum absolute atomic E-state index is 13.6. The number of benzene rings is 3. The second-order valence-corrected chi connectivity index (χ2v) is 7.88. The molecule has 1 heterocycles. The molecule has 0 radical (unpaired) electrons. The monoisotopic (exact) mass is 486 g/mol. The fourth-order valence-corrected chi connectivity index (χ4v) is 4.19. The summed E-state index contributed by atoms with van der Waals surface area (Å²) in [5, 5.41) is 0. The van der Waals surface area contributed by atoms with Gasteiger partial charge in [-0.3, -0.25) is 9.59 Å². The molecule has 0 spiro atoms. The number of methoxy groups -OCH3 is 2. The van der Waals surface area contributed by atoms with Crippen LogP contribution in [0.15, 0.2) is 60.7 Å². The first kappa shape index (κ1) is 24.1. The second kappa shape index (κ2) is 8.98. The van der Waals surface area contributed by atoms with Gasteiger partial charge in [-0.05, 0) is 12.1 Å². The Morgan fingerprint density at radius 3 is 2.11 bits per heavy atom. The third kappa shape index (κ3) is 4.29. The van der Waals surface area contributed by atoms with E-state index in [0.717, 1.165) is 12.1 Å². The highest BCUT2D eigenvalue weighted by molar-refractivity contribution is 6.05. The lowest BCUT2D eigenvalue weighted by Crippen LogP contribution is -2.41. The minimum atomic E-state index is -4.51.